The zero-order valence-corrected chi connectivity index (χ0v) is 11.1. The van der Waals surface area contributed by atoms with Gasteiger partial charge in [-0.15, -0.1) is 0 Å². The lowest BCUT2D eigenvalue weighted by molar-refractivity contribution is -0.137. The molecule has 0 amide bonds. The number of benzene rings is 1. The fourth-order valence-corrected chi connectivity index (χ4v) is 1.74. The average molecular weight is 264 g/mol. The van der Waals surface area contributed by atoms with Crippen molar-refractivity contribution >= 4 is 23.1 Å². The average Bonchev–Trinajstić information content (AvgIpc) is 2.37. The Morgan fingerprint density at radius 1 is 1.33 bits per heavy atom. The van der Waals surface area contributed by atoms with Crippen LogP contribution in [0.25, 0.3) is 5.57 Å². The van der Waals surface area contributed by atoms with Crippen molar-refractivity contribution in [2.45, 2.75) is 20.3 Å². The van der Waals surface area contributed by atoms with Crippen LogP contribution >= 0.6 is 11.6 Å². The molecule has 0 bridgehead atoms. The highest BCUT2D eigenvalue weighted by Crippen LogP contribution is 2.24. The van der Waals surface area contributed by atoms with Crippen molar-refractivity contribution in [2.75, 3.05) is 6.61 Å². The van der Waals surface area contributed by atoms with Crippen LogP contribution in [0.2, 0.25) is 5.02 Å². The van der Waals surface area contributed by atoms with Crippen molar-refractivity contribution in [3.63, 3.8) is 0 Å². The molecular formula is C14H14ClNO2. The molecule has 0 aliphatic carbocycles. The highest BCUT2D eigenvalue weighted by atomic mass is 35.5. The van der Waals surface area contributed by atoms with Gasteiger partial charge in [-0.25, -0.2) is 4.79 Å². The highest BCUT2D eigenvalue weighted by Gasteiger charge is 2.16. The van der Waals surface area contributed by atoms with Crippen molar-refractivity contribution in [2.24, 2.45) is 0 Å². The molecule has 0 aromatic heterocycles. The van der Waals surface area contributed by atoms with Crippen LogP contribution in [-0.4, -0.2) is 12.6 Å². The van der Waals surface area contributed by atoms with Gasteiger partial charge < -0.3 is 4.74 Å². The summed E-state index contributed by atoms with van der Waals surface area (Å²) in [6.45, 7) is 3.85. The first-order valence-corrected chi connectivity index (χ1v) is 6.08. The lowest BCUT2D eigenvalue weighted by Crippen LogP contribution is -2.08. The Labute approximate surface area is 112 Å². The molecule has 0 atom stereocenters. The Hall–Kier alpha value is -1.79. The van der Waals surface area contributed by atoms with Crippen LogP contribution in [0.1, 0.15) is 25.8 Å². The van der Waals surface area contributed by atoms with Crippen molar-refractivity contribution in [1.82, 2.24) is 0 Å². The molecule has 1 rings (SSSR count). The van der Waals surface area contributed by atoms with Crippen molar-refractivity contribution < 1.29 is 9.53 Å². The van der Waals surface area contributed by atoms with Gasteiger partial charge >= 0.3 is 5.97 Å². The Balaban J connectivity index is 3.24. The van der Waals surface area contributed by atoms with Gasteiger partial charge in [-0.2, -0.15) is 5.26 Å². The molecule has 0 unspecified atom stereocenters. The van der Waals surface area contributed by atoms with E-state index >= 15 is 0 Å². The van der Waals surface area contributed by atoms with Crippen LogP contribution in [0, 0.1) is 11.3 Å². The van der Waals surface area contributed by atoms with Gasteiger partial charge in [0, 0.05) is 5.02 Å². The summed E-state index contributed by atoms with van der Waals surface area (Å²) in [5.41, 5.74) is 1.54. The molecule has 0 saturated heterocycles. The lowest BCUT2D eigenvalue weighted by atomic mass is 9.98. The summed E-state index contributed by atoms with van der Waals surface area (Å²) in [5.74, 6) is -0.577. The molecule has 0 heterocycles. The van der Waals surface area contributed by atoms with Gasteiger partial charge in [0.25, 0.3) is 0 Å². The Morgan fingerprint density at radius 2 is 1.94 bits per heavy atom. The maximum Gasteiger partial charge on any atom is 0.349 e. The van der Waals surface area contributed by atoms with E-state index in [0.717, 1.165) is 5.56 Å². The third-order valence-corrected chi connectivity index (χ3v) is 2.69. The monoisotopic (exact) mass is 263 g/mol. The largest absolute Gasteiger partial charge is 0.462 e. The Morgan fingerprint density at radius 3 is 2.39 bits per heavy atom. The molecule has 4 heteroatoms. The molecule has 1 aromatic carbocycles. The van der Waals surface area contributed by atoms with E-state index in [9.17, 15) is 4.79 Å². The number of hydrogen-bond acceptors (Lipinski definition) is 3. The summed E-state index contributed by atoms with van der Waals surface area (Å²) in [7, 11) is 0. The van der Waals surface area contributed by atoms with E-state index in [1.165, 1.54) is 0 Å². The fraction of sp³-hybridized carbons (Fsp3) is 0.286. The third-order valence-electron chi connectivity index (χ3n) is 2.44. The molecule has 3 nitrogen and oxygen atoms in total. The SMILES string of the molecule is CCOC(=O)C(C#N)=C(CC)c1ccc(Cl)cc1. The van der Waals surface area contributed by atoms with Gasteiger partial charge in [-0.3, -0.25) is 0 Å². The topological polar surface area (TPSA) is 50.1 Å². The number of nitrogens with zero attached hydrogens (tertiary/aromatic N) is 1. The van der Waals surface area contributed by atoms with Gasteiger partial charge in [0.1, 0.15) is 11.6 Å². The first-order valence-electron chi connectivity index (χ1n) is 5.70. The second-order valence-corrected chi connectivity index (χ2v) is 3.98. The second-order valence-electron chi connectivity index (χ2n) is 3.55. The minimum atomic E-state index is -0.577. The summed E-state index contributed by atoms with van der Waals surface area (Å²) in [6, 6.07) is 8.96. The summed E-state index contributed by atoms with van der Waals surface area (Å²) in [5, 5.41) is 9.72. The molecule has 0 N–H and O–H groups in total. The Kier molecular flexibility index (Phi) is 5.41. The van der Waals surface area contributed by atoms with Crippen LogP contribution in [0.3, 0.4) is 0 Å². The minimum absolute atomic E-state index is 0.0571. The van der Waals surface area contributed by atoms with Gasteiger partial charge in [0.05, 0.1) is 6.61 Å². The summed E-state index contributed by atoms with van der Waals surface area (Å²) in [6.07, 6.45) is 0.573. The van der Waals surface area contributed by atoms with Crippen molar-refractivity contribution in [3.05, 3.63) is 40.4 Å². The molecule has 18 heavy (non-hydrogen) atoms. The smallest absolute Gasteiger partial charge is 0.349 e. The predicted octanol–water partition coefficient (Wildman–Crippen LogP) is 3.59. The number of halogens is 1. The number of nitriles is 1. The van der Waals surface area contributed by atoms with Crippen molar-refractivity contribution in [1.29, 1.82) is 5.26 Å². The molecule has 1 aromatic rings. The number of allylic oxidation sites excluding steroid dienone is 1. The Bertz CT molecular complexity index is 498. The van der Waals surface area contributed by atoms with E-state index < -0.39 is 5.97 Å². The van der Waals surface area contributed by atoms with Gasteiger partial charge in [0.15, 0.2) is 0 Å². The maximum absolute atomic E-state index is 11.7. The number of esters is 1. The van der Waals surface area contributed by atoms with E-state index in [2.05, 4.69) is 0 Å². The summed E-state index contributed by atoms with van der Waals surface area (Å²) < 4.78 is 4.88. The molecule has 0 spiro atoms. The number of carbonyl (C=O) groups excluding carboxylic acids is 1. The highest BCUT2D eigenvalue weighted by molar-refractivity contribution is 6.30. The number of hydrogen-bond donors (Lipinski definition) is 0. The molecule has 0 radical (unpaired) electrons. The van der Waals surface area contributed by atoms with Gasteiger partial charge in [-0.05, 0) is 36.6 Å². The third kappa shape index (κ3) is 3.35. The zero-order chi connectivity index (χ0) is 13.5. The van der Waals surface area contributed by atoms with Crippen LogP contribution in [0.15, 0.2) is 29.8 Å². The van der Waals surface area contributed by atoms with E-state index in [1.807, 2.05) is 13.0 Å². The number of carbonyl (C=O) groups is 1. The zero-order valence-electron chi connectivity index (χ0n) is 10.4. The van der Waals surface area contributed by atoms with Gasteiger partial charge in [0.2, 0.25) is 0 Å². The predicted molar refractivity (Wildman–Crippen MR) is 70.9 cm³/mol. The quantitative estimate of drug-likeness (QED) is 0.474. The molecule has 94 valence electrons. The van der Waals surface area contributed by atoms with Crippen molar-refractivity contribution in [3.8, 4) is 6.07 Å². The van der Waals surface area contributed by atoms with Crippen LogP contribution in [0.5, 0.6) is 0 Å². The standard InChI is InChI=1S/C14H14ClNO2/c1-3-12(10-5-7-11(15)8-6-10)13(9-16)14(17)18-4-2/h5-8H,3-4H2,1-2H3. The maximum atomic E-state index is 11.7. The van der Waals surface area contributed by atoms with Gasteiger partial charge in [-0.1, -0.05) is 30.7 Å². The lowest BCUT2D eigenvalue weighted by Gasteiger charge is -2.08. The first-order chi connectivity index (χ1) is 8.63. The second kappa shape index (κ2) is 6.83. The molecular weight excluding hydrogens is 250 g/mol. The molecule has 0 saturated carbocycles. The van der Waals surface area contributed by atoms with Crippen LogP contribution < -0.4 is 0 Å². The van der Waals surface area contributed by atoms with Crippen LogP contribution in [0.4, 0.5) is 0 Å². The van der Waals surface area contributed by atoms with E-state index in [0.29, 0.717) is 17.0 Å². The van der Waals surface area contributed by atoms with E-state index in [-0.39, 0.29) is 12.2 Å². The summed E-state index contributed by atoms with van der Waals surface area (Å²) in [4.78, 5) is 11.7. The molecule has 0 fully saturated rings. The van der Waals surface area contributed by atoms with E-state index in [4.69, 9.17) is 21.6 Å². The molecule has 0 aliphatic rings. The van der Waals surface area contributed by atoms with Crippen LogP contribution in [-0.2, 0) is 9.53 Å². The fourth-order valence-electron chi connectivity index (χ4n) is 1.62. The minimum Gasteiger partial charge on any atom is -0.462 e. The summed E-state index contributed by atoms with van der Waals surface area (Å²) >= 11 is 5.81. The molecule has 0 aliphatic heterocycles. The van der Waals surface area contributed by atoms with E-state index in [1.54, 1.807) is 31.2 Å². The first kappa shape index (κ1) is 14.3. The number of rotatable bonds is 4. The number of ether oxygens (including phenoxy) is 1. The normalized spacial score (nSPS) is 11.4.